The molecule has 20 heavy (non-hydrogen) atoms. The Morgan fingerprint density at radius 1 is 1.15 bits per heavy atom. The van der Waals surface area contributed by atoms with Crippen LogP contribution in [0.25, 0.3) is 0 Å². The van der Waals surface area contributed by atoms with Crippen LogP contribution in [0.4, 0.5) is 0 Å². The van der Waals surface area contributed by atoms with Crippen molar-refractivity contribution in [1.29, 1.82) is 0 Å². The molecule has 3 heteroatoms. The molecule has 0 saturated carbocycles. The lowest BCUT2D eigenvalue weighted by atomic mass is 9.95. The number of hydrogen-bond acceptors (Lipinski definition) is 3. The molecule has 0 aliphatic carbocycles. The number of unbranched alkanes of at least 4 members (excludes halogenated alkanes) is 1. The van der Waals surface area contributed by atoms with Crippen molar-refractivity contribution in [3.63, 3.8) is 0 Å². The molecule has 0 radical (unpaired) electrons. The maximum atomic E-state index is 3.70. The van der Waals surface area contributed by atoms with Crippen molar-refractivity contribution < 1.29 is 0 Å². The first-order chi connectivity index (χ1) is 9.86. The van der Waals surface area contributed by atoms with E-state index in [0.717, 1.165) is 18.1 Å². The first-order valence-electron chi connectivity index (χ1n) is 9.08. The molecule has 1 N–H and O–H groups in total. The van der Waals surface area contributed by atoms with Crippen LogP contribution in [0.3, 0.4) is 0 Å². The third-order valence-corrected chi connectivity index (χ3v) is 5.73. The van der Waals surface area contributed by atoms with Gasteiger partial charge in [0.25, 0.3) is 0 Å². The van der Waals surface area contributed by atoms with Crippen molar-refractivity contribution in [2.24, 2.45) is 0 Å². The smallest absolute Gasteiger partial charge is 0.0195 e. The summed E-state index contributed by atoms with van der Waals surface area (Å²) in [5.41, 5.74) is 0. The van der Waals surface area contributed by atoms with Gasteiger partial charge >= 0.3 is 0 Å². The molecule has 3 atom stereocenters. The summed E-state index contributed by atoms with van der Waals surface area (Å²) in [7, 11) is 0. The van der Waals surface area contributed by atoms with Crippen LogP contribution in [-0.4, -0.2) is 60.6 Å². The van der Waals surface area contributed by atoms with Crippen LogP contribution in [0.1, 0.15) is 58.3 Å². The maximum Gasteiger partial charge on any atom is 0.0195 e. The lowest BCUT2D eigenvalue weighted by molar-refractivity contribution is 0.0807. The highest BCUT2D eigenvalue weighted by Gasteiger charge is 2.34. The molecule has 0 spiro atoms. The van der Waals surface area contributed by atoms with E-state index >= 15 is 0 Å². The minimum absolute atomic E-state index is 0.772. The van der Waals surface area contributed by atoms with E-state index in [1.54, 1.807) is 0 Å². The maximum absolute atomic E-state index is 3.70. The summed E-state index contributed by atoms with van der Waals surface area (Å²) >= 11 is 0. The average molecular weight is 279 g/mol. The summed E-state index contributed by atoms with van der Waals surface area (Å²) < 4.78 is 0. The standard InChI is InChI=1S/C17H33N3/c1-2-3-10-20(14-15-6-4-9-18-15)17-8-12-19-11-5-7-16(19)13-17/h15-18H,2-14H2,1H3. The predicted molar refractivity (Wildman–Crippen MR) is 85.1 cm³/mol. The van der Waals surface area contributed by atoms with Gasteiger partial charge in [0.15, 0.2) is 0 Å². The first kappa shape index (κ1) is 14.8. The van der Waals surface area contributed by atoms with Gasteiger partial charge in [-0.2, -0.15) is 0 Å². The fourth-order valence-electron chi connectivity index (χ4n) is 4.51. The Hall–Kier alpha value is -0.120. The molecule has 3 aliphatic heterocycles. The number of piperidine rings is 1. The summed E-state index contributed by atoms with van der Waals surface area (Å²) in [6.45, 7) is 8.93. The summed E-state index contributed by atoms with van der Waals surface area (Å²) in [5.74, 6) is 0. The van der Waals surface area contributed by atoms with Crippen LogP contribution in [0, 0.1) is 0 Å². The van der Waals surface area contributed by atoms with E-state index in [1.807, 2.05) is 0 Å². The molecule has 3 rings (SSSR count). The van der Waals surface area contributed by atoms with Gasteiger partial charge in [0.05, 0.1) is 0 Å². The van der Waals surface area contributed by atoms with Gasteiger partial charge in [0.1, 0.15) is 0 Å². The Balaban J connectivity index is 1.55. The fourth-order valence-corrected chi connectivity index (χ4v) is 4.51. The minimum Gasteiger partial charge on any atom is -0.313 e. The van der Waals surface area contributed by atoms with Crippen molar-refractivity contribution in [3.05, 3.63) is 0 Å². The van der Waals surface area contributed by atoms with Crippen LogP contribution in [-0.2, 0) is 0 Å². The summed E-state index contributed by atoms with van der Waals surface area (Å²) in [6.07, 6.45) is 11.2. The highest BCUT2D eigenvalue weighted by atomic mass is 15.2. The second-order valence-corrected chi connectivity index (χ2v) is 7.15. The Bertz CT molecular complexity index is 288. The number of rotatable bonds is 6. The highest BCUT2D eigenvalue weighted by Crippen LogP contribution is 2.29. The van der Waals surface area contributed by atoms with Crippen LogP contribution in [0.15, 0.2) is 0 Å². The molecule has 3 nitrogen and oxygen atoms in total. The molecular formula is C17H33N3. The Kier molecular flexibility index (Phi) is 5.36. The molecule has 0 aromatic rings. The number of hydrogen-bond donors (Lipinski definition) is 1. The second-order valence-electron chi connectivity index (χ2n) is 7.15. The minimum atomic E-state index is 0.772. The van der Waals surface area contributed by atoms with E-state index in [4.69, 9.17) is 0 Å². The zero-order valence-corrected chi connectivity index (χ0v) is 13.3. The summed E-state index contributed by atoms with van der Waals surface area (Å²) in [4.78, 5) is 5.60. The van der Waals surface area contributed by atoms with Crippen LogP contribution >= 0.6 is 0 Å². The molecule has 3 saturated heterocycles. The molecule has 0 aromatic carbocycles. The molecular weight excluding hydrogens is 246 g/mol. The quantitative estimate of drug-likeness (QED) is 0.806. The third kappa shape index (κ3) is 3.55. The van der Waals surface area contributed by atoms with Gasteiger partial charge in [-0.3, -0.25) is 4.90 Å². The molecule has 3 aliphatic rings. The molecule has 3 heterocycles. The predicted octanol–water partition coefficient (Wildman–Crippen LogP) is 2.47. The van der Waals surface area contributed by atoms with Crippen molar-refractivity contribution in [1.82, 2.24) is 15.1 Å². The zero-order chi connectivity index (χ0) is 13.8. The largest absolute Gasteiger partial charge is 0.313 e. The third-order valence-electron chi connectivity index (χ3n) is 5.73. The monoisotopic (exact) mass is 279 g/mol. The average Bonchev–Trinajstić information content (AvgIpc) is 3.13. The lowest BCUT2D eigenvalue weighted by Crippen LogP contribution is -2.50. The molecule has 116 valence electrons. The fraction of sp³-hybridized carbons (Fsp3) is 1.00. The van der Waals surface area contributed by atoms with Gasteiger partial charge in [-0.15, -0.1) is 0 Å². The van der Waals surface area contributed by atoms with Crippen LogP contribution in [0.2, 0.25) is 0 Å². The normalized spacial score (nSPS) is 34.8. The van der Waals surface area contributed by atoms with Crippen LogP contribution < -0.4 is 5.32 Å². The molecule has 0 aromatic heterocycles. The van der Waals surface area contributed by atoms with Crippen molar-refractivity contribution in [2.45, 2.75) is 76.4 Å². The van der Waals surface area contributed by atoms with E-state index < -0.39 is 0 Å². The molecule has 0 amide bonds. The van der Waals surface area contributed by atoms with E-state index in [1.165, 1.54) is 84.1 Å². The van der Waals surface area contributed by atoms with E-state index in [-0.39, 0.29) is 0 Å². The first-order valence-corrected chi connectivity index (χ1v) is 9.08. The van der Waals surface area contributed by atoms with Crippen molar-refractivity contribution in [3.8, 4) is 0 Å². The summed E-state index contributed by atoms with van der Waals surface area (Å²) in [6, 6.07) is 2.55. The SMILES string of the molecule is CCCCN(CC1CCCN1)C1CCN2CCCC2C1. The Labute approximate surface area is 125 Å². The van der Waals surface area contributed by atoms with Crippen molar-refractivity contribution in [2.75, 3.05) is 32.7 Å². The van der Waals surface area contributed by atoms with Gasteiger partial charge in [-0.05, 0) is 71.1 Å². The van der Waals surface area contributed by atoms with Gasteiger partial charge in [-0.1, -0.05) is 13.3 Å². The van der Waals surface area contributed by atoms with E-state index in [0.29, 0.717) is 0 Å². The highest BCUT2D eigenvalue weighted by molar-refractivity contribution is 4.91. The lowest BCUT2D eigenvalue weighted by Gasteiger charge is -2.41. The van der Waals surface area contributed by atoms with E-state index in [9.17, 15) is 0 Å². The molecule has 3 fully saturated rings. The summed E-state index contributed by atoms with van der Waals surface area (Å²) in [5, 5.41) is 3.70. The molecule has 3 unspecified atom stereocenters. The molecule has 0 bridgehead atoms. The van der Waals surface area contributed by atoms with Gasteiger partial charge in [0, 0.05) is 24.7 Å². The van der Waals surface area contributed by atoms with Crippen molar-refractivity contribution >= 4 is 0 Å². The number of nitrogens with one attached hydrogen (secondary N) is 1. The topological polar surface area (TPSA) is 18.5 Å². The number of nitrogens with zero attached hydrogens (tertiary/aromatic N) is 2. The van der Waals surface area contributed by atoms with Gasteiger partial charge in [-0.25, -0.2) is 0 Å². The van der Waals surface area contributed by atoms with Gasteiger partial charge < -0.3 is 10.2 Å². The number of fused-ring (bicyclic) bond motifs is 1. The van der Waals surface area contributed by atoms with Gasteiger partial charge in [0.2, 0.25) is 0 Å². The van der Waals surface area contributed by atoms with E-state index in [2.05, 4.69) is 22.0 Å². The zero-order valence-electron chi connectivity index (χ0n) is 13.3. The Morgan fingerprint density at radius 2 is 2.10 bits per heavy atom. The Morgan fingerprint density at radius 3 is 2.90 bits per heavy atom. The second kappa shape index (κ2) is 7.24. The van der Waals surface area contributed by atoms with Crippen LogP contribution in [0.5, 0.6) is 0 Å².